The lowest BCUT2D eigenvalue weighted by molar-refractivity contribution is -0.143. The first-order chi connectivity index (χ1) is 67.6. The Hall–Kier alpha value is -15.2. The predicted octanol–water partition coefficient (Wildman–Crippen LogP) is 19.1. The number of carbonyl (C=O) groups excluding carboxylic acids is 3. The van der Waals surface area contributed by atoms with Gasteiger partial charge in [0.15, 0.2) is 46.5 Å². The molecular formula is C98H84Cl3F16N21O6. The van der Waals surface area contributed by atoms with Crippen LogP contribution in [0.5, 0.6) is 0 Å². The maximum absolute atomic E-state index is 15.7. The summed E-state index contributed by atoms with van der Waals surface area (Å²) in [6.45, 7) is 33.2. The van der Waals surface area contributed by atoms with E-state index in [0.717, 1.165) is 38.0 Å². The van der Waals surface area contributed by atoms with Crippen molar-refractivity contribution in [3.8, 4) is 69.0 Å². The summed E-state index contributed by atoms with van der Waals surface area (Å²) in [4.78, 5) is 117. The number of nitrogens with zero attached hydrogens (tertiary/aromatic N) is 18. The van der Waals surface area contributed by atoms with Crippen LogP contribution in [0.4, 0.5) is 104 Å². The molecule has 750 valence electrons. The van der Waals surface area contributed by atoms with Gasteiger partial charge in [0.2, 0.25) is 17.7 Å². The van der Waals surface area contributed by atoms with Crippen molar-refractivity contribution in [3.63, 3.8) is 0 Å². The van der Waals surface area contributed by atoms with Gasteiger partial charge in [0.1, 0.15) is 74.6 Å². The third-order valence-electron chi connectivity index (χ3n) is 24.8. The molecule has 0 bridgehead atoms. The molecule has 27 nitrogen and oxygen atoms in total. The fourth-order valence-corrected chi connectivity index (χ4v) is 18.8. The molecule has 3 fully saturated rings. The van der Waals surface area contributed by atoms with Crippen molar-refractivity contribution in [2.75, 3.05) is 90.8 Å². The highest BCUT2D eigenvalue weighted by Crippen LogP contribution is 2.50. The molecule has 9 aromatic heterocycles. The smallest absolute Gasteiger partial charge is 0.396 e. The van der Waals surface area contributed by atoms with Gasteiger partial charge in [-0.1, -0.05) is 96.1 Å². The Kier molecular flexibility index (Phi) is 30.0. The molecule has 3 aliphatic rings. The van der Waals surface area contributed by atoms with E-state index in [1.165, 1.54) is 24.5 Å². The lowest BCUT2D eigenvalue weighted by Gasteiger charge is -2.41. The molecule has 46 heteroatoms. The van der Waals surface area contributed by atoms with Crippen LogP contribution in [0.3, 0.4) is 0 Å². The molecule has 3 atom stereocenters. The van der Waals surface area contributed by atoms with Gasteiger partial charge < -0.3 is 46.6 Å². The van der Waals surface area contributed by atoms with Crippen LogP contribution in [0.25, 0.3) is 83.9 Å². The Morgan fingerprint density at radius 2 is 0.646 bits per heavy atom. The maximum atomic E-state index is 15.7. The van der Waals surface area contributed by atoms with Gasteiger partial charge in [0, 0.05) is 112 Å². The monoisotopic (exact) mass is 2060 g/mol. The average Bonchev–Trinajstić information content (AvgIpc) is 0.723. The minimum Gasteiger partial charge on any atom is -0.396 e. The molecule has 6 N–H and O–H groups in total. The maximum Gasteiger partial charge on any atom is 0.422 e. The zero-order valence-corrected chi connectivity index (χ0v) is 80.6. The molecule has 3 aromatic carbocycles. The number of alkyl halides is 6. The zero-order valence-electron chi connectivity index (χ0n) is 78.3. The van der Waals surface area contributed by atoms with Gasteiger partial charge >= 0.3 is 12.4 Å². The molecule has 0 radical (unpaired) electrons. The number of nitrogen functional groups attached to an aromatic ring is 3. The summed E-state index contributed by atoms with van der Waals surface area (Å²) in [7, 11) is 0. The number of nitriles is 3. The van der Waals surface area contributed by atoms with Crippen molar-refractivity contribution in [1.82, 2.24) is 58.3 Å². The summed E-state index contributed by atoms with van der Waals surface area (Å²) < 4.78 is 234. The summed E-state index contributed by atoms with van der Waals surface area (Å²) >= 11 is 19.7. The van der Waals surface area contributed by atoms with Crippen LogP contribution in [0.2, 0.25) is 15.1 Å². The highest BCUT2D eigenvalue weighted by Gasteiger charge is 2.47. The zero-order chi connectivity index (χ0) is 106. The van der Waals surface area contributed by atoms with E-state index in [9.17, 15) is 102 Å². The van der Waals surface area contributed by atoms with E-state index in [4.69, 9.17) is 52.0 Å². The van der Waals surface area contributed by atoms with Gasteiger partial charge in [-0.25, -0.2) is 58.9 Å². The van der Waals surface area contributed by atoms with Crippen molar-refractivity contribution in [3.05, 3.63) is 259 Å². The SMILES string of the molecule is C=CC(=O)N1CCN(c2c(C#N)c(=O)n(-c3c(C)ccnc3C(C)C)c3nc(-c4c(N)c(F)c(F)c(C(F)(F)F)c4F)c(Cl)cc23)C[C@H]1C.C=CC(=O)N1CCN(c2c(C#N)c(=O)n(-c3c(C)ccnc3C(C)C)c3nc(-c4c(N)c(F)c(F)c(C(F)(F)F)c4F)c(Cl)cc23)C[C@H]1C.C=CC(=O)N1CCN(c2c(C#N)c(=O)n(-c3c(C)ccnc3C(C)C)c3nc(-c4c(N)c(F)c(F)c(F)c4F)c(Cl)cc23)C[C@H]1C. The average molecular weight is 2060 g/mol. The summed E-state index contributed by atoms with van der Waals surface area (Å²) in [5.41, 5.74) is 1.82. The van der Waals surface area contributed by atoms with E-state index < -0.39 is 171 Å². The second-order valence-electron chi connectivity index (χ2n) is 34.9. The number of carbonyl (C=O) groups is 3. The van der Waals surface area contributed by atoms with Gasteiger partial charge in [-0.3, -0.25) is 57.4 Å². The van der Waals surface area contributed by atoms with Crippen LogP contribution in [0.1, 0.15) is 142 Å². The Morgan fingerprint density at radius 1 is 0.403 bits per heavy atom. The van der Waals surface area contributed by atoms with Gasteiger partial charge in [-0.15, -0.1) is 0 Å². The molecule has 3 amide bonds. The summed E-state index contributed by atoms with van der Waals surface area (Å²) in [5.74, 6) is -23.7. The highest BCUT2D eigenvalue weighted by atomic mass is 35.5. The molecule has 12 aromatic rings. The molecule has 12 heterocycles. The topological polar surface area (TPSA) is 363 Å². The van der Waals surface area contributed by atoms with Crippen molar-refractivity contribution in [1.29, 1.82) is 15.8 Å². The second-order valence-corrected chi connectivity index (χ2v) is 36.1. The predicted molar refractivity (Wildman–Crippen MR) is 511 cm³/mol. The first kappa shape index (κ1) is 106. The van der Waals surface area contributed by atoms with Crippen molar-refractivity contribution >= 4 is 120 Å². The van der Waals surface area contributed by atoms with Gasteiger partial charge in [-0.05, 0) is 131 Å². The van der Waals surface area contributed by atoms with Gasteiger partial charge in [0.05, 0.1) is 117 Å². The van der Waals surface area contributed by atoms with Crippen molar-refractivity contribution in [2.24, 2.45) is 0 Å². The summed E-state index contributed by atoms with van der Waals surface area (Å²) in [6, 6.07) is 13.1. The lowest BCUT2D eigenvalue weighted by atomic mass is 10.00. The molecule has 0 saturated carbocycles. The second kappa shape index (κ2) is 40.7. The number of pyridine rings is 9. The number of amides is 3. The number of benzene rings is 3. The minimum absolute atomic E-state index is 0.0381. The number of piperazine rings is 3. The van der Waals surface area contributed by atoms with Crippen LogP contribution in [-0.2, 0) is 26.7 Å². The van der Waals surface area contributed by atoms with Crippen LogP contribution in [-0.4, -0.2) is 153 Å². The van der Waals surface area contributed by atoms with Gasteiger partial charge in [0.25, 0.3) is 16.7 Å². The quantitative estimate of drug-likeness (QED) is 0.0282. The largest absolute Gasteiger partial charge is 0.422 e. The van der Waals surface area contributed by atoms with E-state index in [-0.39, 0.29) is 189 Å². The summed E-state index contributed by atoms with van der Waals surface area (Å²) in [5, 5.41) is 30.0. The third-order valence-corrected chi connectivity index (χ3v) is 25.7. The molecule has 15 rings (SSSR count). The number of rotatable bonds is 15. The molecule has 0 unspecified atom stereocenters. The standard InChI is InChI=1S/2C33H28ClF6N7O2.C32H28ClF4N7O2/c2*1-6-20(48)46-10-9-45(13-16(46)5)30-17-11-19(34)28(21-23(35)22(33(38,39)40)24(36)25(37)26(21)42)44-31(17)47(32(49)18(30)12-41)29-15(4)7-8-43-27(29)14(2)3;1-6-20(45)43-10-9-42(13-16(43)5)30-17-11-19(33)28(21-22(34)23(35)24(36)25(37)26(21)39)41-31(17)44(32(46)18(30)12-38)29-15(4)7-8-40-27(29)14(2)3/h2*6-8,11,14,16H,1,9-10,13,42H2,2-5H3;6-8,11,14,16H,1,9-10,13,39H2,2-5H3/t3*16-/m111/s1. The molecule has 144 heavy (non-hydrogen) atoms. The number of fused-ring (bicyclic) bond motifs is 3. The Bertz CT molecular complexity index is 7470. The molecular weight excluding hydrogens is 1980 g/mol. The number of hydrogen-bond acceptors (Lipinski definition) is 21. The first-order valence-electron chi connectivity index (χ1n) is 43.8. The number of hydrogen-bond donors (Lipinski definition) is 3. The normalized spacial score (nSPS) is 15.1. The minimum atomic E-state index is -5.68. The fourth-order valence-electron chi connectivity index (χ4n) is 18.1. The Labute approximate surface area is 824 Å². The van der Waals surface area contributed by atoms with Gasteiger partial charge in [-0.2, -0.15) is 42.1 Å². The van der Waals surface area contributed by atoms with Crippen LogP contribution < -0.4 is 48.6 Å². The molecule has 3 aliphatic heterocycles. The molecule has 0 spiro atoms. The molecule has 0 aliphatic carbocycles. The van der Waals surface area contributed by atoms with Crippen molar-refractivity contribution < 1.29 is 84.6 Å². The molecule has 3 saturated heterocycles. The van der Waals surface area contributed by atoms with E-state index >= 15 is 13.2 Å². The Balaban J connectivity index is 0.000000181. The van der Waals surface area contributed by atoms with E-state index in [2.05, 4.69) is 49.6 Å². The number of anilines is 6. The van der Waals surface area contributed by atoms with Crippen LogP contribution in [0.15, 0.2) is 107 Å². The first-order valence-corrected chi connectivity index (χ1v) is 45.0. The van der Waals surface area contributed by atoms with E-state index in [0.29, 0.717) is 33.8 Å². The van der Waals surface area contributed by atoms with E-state index in [1.807, 2.05) is 32.1 Å². The number of aryl methyl sites for hydroxylation is 3. The van der Waals surface area contributed by atoms with Crippen LogP contribution >= 0.6 is 34.8 Å². The number of halogens is 19. The number of aromatic nitrogens is 9. The number of nitrogens with two attached hydrogens (primary N) is 3. The van der Waals surface area contributed by atoms with E-state index in [1.54, 1.807) is 123 Å². The summed E-state index contributed by atoms with van der Waals surface area (Å²) in [6.07, 6.45) is -3.29. The van der Waals surface area contributed by atoms with Crippen molar-refractivity contribution in [2.45, 2.75) is 131 Å². The lowest BCUT2D eigenvalue weighted by Crippen LogP contribution is -2.54. The fraction of sp³-hybridized carbons (Fsp3) is 0.296. The Morgan fingerprint density at radius 3 is 0.875 bits per heavy atom. The van der Waals surface area contributed by atoms with Crippen LogP contribution in [0, 0.1) is 113 Å². The highest BCUT2D eigenvalue weighted by molar-refractivity contribution is 6.35. The third kappa shape index (κ3) is 18.5.